The molecule has 0 aliphatic rings. The molecule has 7 nitrogen and oxygen atoms in total. The first-order valence-electron chi connectivity index (χ1n) is 23.3. The molecule has 5 atom stereocenters. The molecule has 0 bridgehead atoms. The molecule has 1 N–H and O–H groups in total. The maximum Gasteiger partial charge on any atom is 0.305 e. The lowest BCUT2D eigenvalue weighted by Gasteiger charge is -2.46. The number of nitrogens with zero attached hydrogens (tertiary/aromatic N) is 1. The molecule has 5 unspecified atom stereocenters. The van der Waals surface area contributed by atoms with Crippen LogP contribution in [0, 0.1) is 28.7 Å². The topological polar surface area (TPSA) is 95.0 Å². The second kappa shape index (κ2) is 22.5. The van der Waals surface area contributed by atoms with E-state index in [4.69, 9.17) is 13.3 Å². The van der Waals surface area contributed by atoms with E-state index in [9.17, 15) is 9.90 Å². The van der Waals surface area contributed by atoms with Crippen molar-refractivity contribution in [1.82, 2.24) is 4.98 Å². The molecule has 1 aromatic heterocycles. The van der Waals surface area contributed by atoms with Gasteiger partial charge in [-0.25, -0.2) is 0 Å². The molecule has 1 heterocycles. The molecule has 0 amide bonds. The number of pyridine rings is 1. The molecule has 0 spiro atoms. The summed E-state index contributed by atoms with van der Waals surface area (Å²) < 4.78 is 21.3. The van der Waals surface area contributed by atoms with Gasteiger partial charge in [-0.05, 0) is 124 Å². The Labute approximate surface area is 385 Å². The van der Waals surface area contributed by atoms with Gasteiger partial charge in [0.05, 0.1) is 36.3 Å². The van der Waals surface area contributed by atoms with Gasteiger partial charge in [0.15, 0.2) is 25.0 Å². The lowest BCUT2D eigenvalue weighted by molar-refractivity contribution is -0.146. The maximum absolute atomic E-state index is 15.4. The Morgan fingerprint density at radius 3 is 1.77 bits per heavy atom. The van der Waals surface area contributed by atoms with Gasteiger partial charge in [0.25, 0.3) is 0 Å². The smallest absolute Gasteiger partial charge is 0.305 e. The number of carboxylic acid groups (broad SMARTS) is 1. The van der Waals surface area contributed by atoms with Crippen molar-refractivity contribution in [2.45, 2.75) is 228 Å². The fourth-order valence-corrected chi connectivity index (χ4v) is 11.4. The number of Topliss-reactive ketones (excluding diaryl/α,β-unsaturated/α-hetero) is 1. The summed E-state index contributed by atoms with van der Waals surface area (Å²) in [5, 5.41) is 10.0. The Balaban J connectivity index is 3.70. The highest BCUT2D eigenvalue weighted by Crippen LogP contribution is 2.45. The first-order chi connectivity index (χ1) is 27.8. The lowest BCUT2D eigenvalue weighted by Crippen LogP contribution is -2.55. The molecule has 0 saturated heterocycles. The van der Waals surface area contributed by atoms with Crippen LogP contribution in [0.3, 0.4) is 0 Å². The normalized spacial score (nSPS) is 16.8. The summed E-state index contributed by atoms with van der Waals surface area (Å²) in [6.45, 7) is 50.5. The van der Waals surface area contributed by atoms with Crippen LogP contribution in [0.4, 0.5) is 0 Å². The van der Waals surface area contributed by atoms with Crippen LogP contribution in [0.2, 0.25) is 74.0 Å². The van der Waals surface area contributed by atoms with Gasteiger partial charge < -0.3 is 18.4 Å². The van der Waals surface area contributed by atoms with Crippen molar-refractivity contribution >= 4 is 50.9 Å². The molecule has 0 aromatic carbocycles. The fraction of sp³-hybridized carbons (Fsp3) is 0.745. The van der Waals surface area contributed by atoms with Gasteiger partial charge in [0, 0.05) is 18.0 Å². The summed E-state index contributed by atoms with van der Waals surface area (Å²) in [4.78, 5) is 32.4. The van der Waals surface area contributed by atoms with E-state index in [-0.39, 0.29) is 45.4 Å². The number of ketones is 1. The van der Waals surface area contributed by atoms with Crippen LogP contribution in [0.15, 0.2) is 41.6 Å². The molecule has 354 valence electrons. The zero-order chi connectivity index (χ0) is 48.5. The molecule has 0 fully saturated rings. The number of aromatic nitrogens is 1. The van der Waals surface area contributed by atoms with Gasteiger partial charge in [-0.1, -0.05) is 120 Å². The molecule has 11 heteroatoms. The molecule has 0 radical (unpaired) electrons. The van der Waals surface area contributed by atoms with E-state index < -0.39 is 56.4 Å². The van der Waals surface area contributed by atoms with Crippen LogP contribution in [-0.2, 0) is 22.9 Å². The van der Waals surface area contributed by atoms with Crippen LogP contribution in [0.1, 0.15) is 141 Å². The van der Waals surface area contributed by atoms with Gasteiger partial charge in [0.2, 0.25) is 0 Å². The largest absolute Gasteiger partial charge is 0.481 e. The first kappa shape index (κ1) is 58.1. The van der Waals surface area contributed by atoms with Crippen molar-refractivity contribution < 1.29 is 28.0 Å². The first-order valence-corrected chi connectivity index (χ1v) is 35.5. The zero-order valence-electron chi connectivity index (χ0n) is 44.0. The number of aliphatic carboxylic acids is 1. The Bertz CT molecular complexity index is 1730. The van der Waals surface area contributed by atoms with Crippen LogP contribution >= 0.6 is 0 Å². The lowest BCUT2D eigenvalue weighted by atomic mass is 9.71. The minimum atomic E-state index is -2.45. The Morgan fingerprint density at radius 1 is 0.790 bits per heavy atom. The molecule has 0 aliphatic carbocycles. The van der Waals surface area contributed by atoms with E-state index in [0.29, 0.717) is 6.42 Å². The standard InChI is InChI=1S/C51H93NO6Si4/c1-38(32-33-43(56-60(18,19)48(4,5)6)40(3)36-41-30-24-25-34-52-41)28-26-29-39(2)46(58-62(22,23)50(10,11)12)42(31-27-35-59(15,16)17)47(55)51(13,14)44(37-45(53)54)57-61(20,21)49(7,8)9/h24-25,30,32,34,36,39,42-44,46H,26,28-29,31,33,37H2,1-23H3,(H,53,54). The van der Waals surface area contributed by atoms with E-state index >= 15 is 4.79 Å². The van der Waals surface area contributed by atoms with Crippen LogP contribution in [-0.4, -0.2) is 73.2 Å². The zero-order valence-corrected chi connectivity index (χ0v) is 48.0. The number of carboxylic acids is 1. The van der Waals surface area contributed by atoms with Gasteiger partial charge >= 0.3 is 5.97 Å². The number of allylic oxidation sites excluding steroid dienone is 1. The Hall–Kier alpha value is -1.92. The molecular weight excluding hydrogens is 835 g/mol. The number of carbonyl (C=O) groups excluding carboxylic acids is 1. The fourth-order valence-electron chi connectivity index (χ4n) is 6.59. The second-order valence-electron chi connectivity index (χ2n) is 24.4. The number of hydrogen-bond donors (Lipinski definition) is 1. The minimum absolute atomic E-state index is 0.0131. The SMILES string of the molecule is CC(=CCC(O[Si](C)(C)C(C)(C)C)C(C)=Cc1ccccn1)CCCC(C)C(O[Si](C)(C)C(C)(C)C)C(CC#C[Si](C)(C)C)C(=O)C(C)(C)C(CC(=O)O)O[Si](C)(C)C(C)(C)C. The summed E-state index contributed by atoms with van der Waals surface area (Å²) >= 11 is 0. The number of rotatable bonds is 22. The highest BCUT2D eigenvalue weighted by Gasteiger charge is 2.51. The third-order valence-corrected chi connectivity index (χ3v) is 28.5. The van der Waals surface area contributed by atoms with E-state index in [0.717, 1.165) is 31.4 Å². The van der Waals surface area contributed by atoms with E-state index in [1.165, 1.54) is 11.1 Å². The monoisotopic (exact) mass is 928 g/mol. The van der Waals surface area contributed by atoms with Gasteiger partial charge in [0.1, 0.15) is 13.9 Å². The maximum atomic E-state index is 15.4. The molecular formula is C51H93NO6Si4. The number of hydrogen-bond acceptors (Lipinski definition) is 6. The van der Waals surface area contributed by atoms with Crippen molar-refractivity contribution in [2.75, 3.05) is 0 Å². The van der Waals surface area contributed by atoms with Crippen LogP contribution in [0.25, 0.3) is 6.08 Å². The van der Waals surface area contributed by atoms with Crippen molar-refractivity contribution in [3.8, 4) is 11.5 Å². The molecule has 1 aromatic rings. The van der Waals surface area contributed by atoms with Crippen LogP contribution in [0.5, 0.6) is 0 Å². The van der Waals surface area contributed by atoms with E-state index in [1.807, 2.05) is 38.2 Å². The summed E-state index contributed by atoms with van der Waals surface area (Å²) in [6, 6.07) is 5.99. The van der Waals surface area contributed by atoms with Gasteiger partial charge in [-0.2, -0.15) is 0 Å². The summed E-state index contributed by atoms with van der Waals surface area (Å²) in [5.74, 6) is 2.02. The second-order valence-corrected chi connectivity index (χ2v) is 43.4. The quantitative estimate of drug-likeness (QED) is 0.0703. The third-order valence-electron chi connectivity index (χ3n) is 14.1. The van der Waals surface area contributed by atoms with Crippen molar-refractivity contribution in [3.63, 3.8) is 0 Å². The van der Waals surface area contributed by atoms with Crippen molar-refractivity contribution in [1.29, 1.82) is 0 Å². The molecule has 0 aliphatic heterocycles. The van der Waals surface area contributed by atoms with E-state index in [2.05, 4.69) is 171 Å². The predicted molar refractivity (Wildman–Crippen MR) is 276 cm³/mol. The Morgan fingerprint density at radius 2 is 1.31 bits per heavy atom. The summed E-state index contributed by atoms with van der Waals surface area (Å²) in [7, 11) is -8.67. The molecule has 1 rings (SSSR count). The Kier molecular flexibility index (Phi) is 21.1. The third kappa shape index (κ3) is 18.2. The van der Waals surface area contributed by atoms with Gasteiger partial charge in [-0.3, -0.25) is 14.6 Å². The highest BCUT2D eigenvalue weighted by molar-refractivity contribution is 6.83. The van der Waals surface area contributed by atoms with Gasteiger partial charge in [-0.15, -0.1) is 11.5 Å². The van der Waals surface area contributed by atoms with Crippen LogP contribution < -0.4 is 0 Å². The highest BCUT2D eigenvalue weighted by atomic mass is 28.4. The summed E-state index contributed by atoms with van der Waals surface area (Å²) in [6.07, 6.45) is 8.77. The molecule has 0 saturated carbocycles. The average molecular weight is 929 g/mol. The minimum Gasteiger partial charge on any atom is -0.481 e. The van der Waals surface area contributed by atoms with Crippen molar-refractivity contribution in [2.24, 2.45) is 17.3 Å². The predicted octanol–water partition coefficient (Wildman–Crippen LogP) is 14.8. The molecule has 62 heavy (non-hydrogen) atoms. The average Bonchev–Trinajstić information content (AvgIpc) is 3.08. The number of carbonyl (C=O) groups is 2. The summed E-state index contributed by atoms with van der Waals surface area (Å²) in [5.41, 5.74) is 5.87. The van der Waals surface area contributed by atoms with Crippen molar-refractivity contribution in [3.05, 3.63) is 47.3 Å². The van der Waals surface area contributed by atoms with E-state index in [1.54, 1.807) is 0 Å².